The van der Waals surface area contributed by atoms with E-state index >= 15 is 0 Å². The van der Waals surface area contributed by atoms with Crippen LogP contribution in [0, 0.1) is 0 Å². The highest BCUT2D eigenvalue weighted by atomic mass is 16.5. The van der Waals surface area contributed by atoms with Gasteiger partial charge in [0.25, 0.3) is 0 Å². The zero-order valence-electron chi connectivity index (χ0n) is 9.44. The molecule has 0 saturated carbocycles. The second kappa shape index (κ2) is 5.75. The normalized spacial score (nSPS) is 11.1. The second-order valence-electron chi connectivity index (χ2n) is 3.19. The summed E-state index contributed by atoms with van der Waals surface area (Å²) in [4.78, 5) is 11.3. The number of para-hydroxylation sites is 1. The summed E-state index contributed by atoms with van der Waals surface area (Å²) in [7, 11) is 0. The molecule has 3 heteroatoms. The van der Waals surface area contributed by atoms with Crippen LogP contribution in [0.15, 0.2) is 36.4 Å². The Morgan fingerprint density at radius 3 is 2.69 bits per heavy atom. The van der Waals surface area contributed by atoms with Crippen molar-refractivity contribution < 1.29 is 9.53 Å². The molecular formula is C13H15NO2. The maximum absolute atomic E-state index is 11.3. The Kier molecular flexibility index (Phi) is 4.33. The quantitative estimate of drug-likeness (QED) is 0.366. The minimum Gasteiger partial charge on any atom is -0.421 e. The summed E-state index contributed by atoms with van der Waals surface area (Å²) in [5.74, 6) is -0.0187. The highest BCUT2D eigenvalue weighted by molar-refractivity contribution is 5.86. The molecule has 0 atom stereocenters. The van der Waals surface area contributed by atoms with Crippen LogP contribution in [0.25, 0.3) is 6.08 Å². The molecular weight excluding hydrogens is 202 g/mol. The number of esters is 1. The SMILES string of the molecule is C/C=C/C(=O)Oc1c(N)cccc1/C=C/C. The van der Waals surface area contributed by atoms with Crippen molar-refractivity contribution in [1.82, 2.24) is 0 Å². The van der Waals surface area contributed by atoms with Gasteiger partial charge in [-0.15, -0.1) is 0 Å². The molecule has 0 heterocycles. The molecule has 1 rings (SSSR count). The minimum absolute atomic E-state index is 0.406. The molecule has 1 aromatic carbocycles. The van der Waals surface area contributed by atoms with Crippen LogP contribution in [-0.4, -0.2) is 5.97 Å². The lowest BCUT2D eigenvalue weighted by Crippen LogP contribution is -2.07. The number of ether oxygens (including phenoxy) is 1. The first-order valence-electron chi connectivity index (χ1n) is 5.04. The van der Waals surface area contributed by atoms with Crippen LogP contribution in [0.2, 0.25) is 0 Å². The summed E-state index contributed by atoms with van der Waals surface area (Å²) in [6.45, 7) is 3.64. The van der Waals surface area contributed by atoms with Gasteiger partial charge in [0.1, 0.15) is 0 Å². The average Bonchev–Trinajstić information content (AvgIpc) is 2.24. The molecule has 0 aromatic heterocycles. The third kappa shape index (κ3) is 2.98. The van der Waals surface area contributed by atoms with Gasteiger partial charge in [0.15, 0.2) is 5.75 Å². The lowest BCUT2D eigenvalue weighted by Gasteiger charge is -2.08. The average molecular weight is 217 g/mol. The number of nitrogen functional groups attached to an aromatic ring is 1. The van der Waals surface area contributed by atoms with Gasteiger partial charge in [0.2, 0.25) is 0 Å². The molecule has 16 heavy (non-hydrogen) atoms. The number of carbonyl (C=O) groups is 1. The molecule has 0 aliphatic heterocycles. The number of nitrogens with two attached hydrogens (primary N) is 1. The Morgan fingerprint density at radius 2 is 2.06 bits per heavy atom. The fraction of sp³-hybridized carbons (Fsp3) is 0.154. The van der Waals surface area contributed by atoms with Crippen molar-refractivity contribution >= 4 is 17.7 Å². The highest BCUT2D eigenvalue weighted by Gasteiger charge is 2.08. The lowest BCUT2D eigenvalue weighted by molar-refractivity contribution is -0.128. The number of hydrogen-bond donors (Lipinski definition) is 1. The number of carbonyl (C=O) groups excluding carboxylic acids is 1. The Morgan fingerprint density at radius 1 is 1.31 bits per heavy atom. The summed E-state index contributed by atoms with van der Waals surface area (Å²) in [6, 6.07) is 5.36. The zero-order chi connectivity index (χ0) is 12.0. The van der Waals surface area contributed by atoms with Gasteiger partial charge in [-0.3, -0.25) is 0 Å². The predicted octanol–water partition coefficient (Wildman–Crippen LogP) is 2.78. The molecule has 0 amide bonds. The van der Waals surface area contributed by atoms with E-state index in [-0.39, 0.29) is 0 Å². The molecule has 84 valence electrons. The first kappa shape index (κ1) is 12.0. The molecule has 0 unspecified atom stereocenters. The van der Waals surface area contributed by atoms with E-state index in [1.807, 2.05) is 31.2 Å². The lowest BCUT2D eigenvalue weighted by atomic mass is 10.1. The number of allylic oxidation sites excluding steroid dienone is 2. The summed E-state index contributed by atoms with van der Waals surface area (Å²) in [5.41, 5.74) is 7.01. The van der Waals surface area contributed by atoms with E-state index in [0.29, 0.717) is 11.4 Å². The van der Waals surface area contributed by atoms with Crippen molar-refractivity contribution in [3.05, 3.63) is 42.0 Å². The van der Waals surface area contributed by atoms with Crippen LogP contribution < -0.4 is 10.5 Å². The van der Waals surface area contributed by atoms with Crippen molar-refractivity contribution in [3.63, 3.8) is 0 Å². The van der Waals surface area contributed by atoms with Gasteiger partial charge in [-0.25, -0.2) is 4.79 Å². The molecule has 0 aliphatic carbocycles. The Bertz CT molecular complexity index is 434. The van der Waals surface area contributed by atoms with Crippen LogP contribution in [0.1, 0.15) is 19.4 Å². The molecule has 0 spiro atoms. The van der Waals surface area contributed by atoms with E-state index in [1.54, 1.807) is 19.1 Å². The third-order valence-corrected chi connectivity index (χ3v) is 1.93. The van der Waals surface area contributed by atoms with Gasteiger partial charge in [-0.2, -0.15) is 0 Å². The fourth-order valence-corrected chi connectivity index (χ4v) is 1.27. The molecule has 0 radical (unpaired) electrons. The van der Waals surface area contributed by atoms with Gasteiger partial charge in [-0.05, 0) is 19.9 Å². The maximum atomic E-state index is 11.3. The van der Waals surface area contributed by atoms with Crippen molar-refractivity contribution in [2.24, 2.45) is 0 Å². The van der Waals surface area contributed by atoms with Crippen molar-refractivity contribution in [1.29, 1.82) is 0 Å². The maximum Gasteiger partial charge on any atom is 0.335 e. The molecule has 0 bridgehead atoms. The third-order valence-electron chi connectivity index (χ3n) is 1.93. The van der Waals surface area contributed by atoms with E-state index in [4.69, 9.17) is 10.5 Å². The van der Waals surface area contributed by atoms with Crippen LogP contribution >= 0.6 is 0 Å². The smallest absolute Gasteiger partial charge is 0.335 e. The van der Waals surface area contributed by atoms with Gasteiger partial charge in [0.05, 0.1) is 5.69 Å². The molecule has 0 fully saturated rings. The van der Waals surface area contributed by atoms with E-state index in [9.17, 15) is 4.79 Å². The highest BCUT2D eigenvalue weighted by Crippen LogP contribution is 2.27. The Labute approximate surface area is 95.2 Å². The summed E-state index contributed by atoms with van der Waals surface area (Å²) in [6.07, 6.45) is 6.68. The monoisotopic (exact) mass is 217 g/mol. The molecule has 0 aliphatic rings. The van der Waals surface area contributed by atoms with Gasteiger partial charge < -0.3 is 10.5 Å². The van der Waals surface area contributed by atoms with Crippen molar-refractivity contribution in [2.45, 2.75) is 13.8 Å². The van der Waals surface area contributed by atoms with Crippen molar-refractivity contribution in [2.75, 3.05) is 5.73 Å². The van der Waals surface area contributed by atoms with Crippen molar-refractivity contribution in [3.8, 4) is 5.75 Å². The fourth-order valence-electron chi connectivity index (χ4n) is 1.27. The first-order chi connectivity index (χ1) is 7.69. The number of hydrogen-bond acceptors (Lipinski definition) is 3. The van der Waals surface area contributed by atoms with E-state index < -0.39 is 5.97 Å². The van der Waals surface area contributed by atoms with Crippen LogP contribution in [0.5, 0.6) is 5.75 Å². The van der Waals surface area contributed by atoms with E-state index in [2.05, 4.69) is 0 Å². The largest absolute Gasteiger partial charge is 0.421 e. The van der Waals surface area contributed by atoms with Crippen LogP contribution in [0.4, 0.5) is 5.69 Å². The summed E-state index contributed by atoms with van der Waals surface area (Å²) >= 11 is 0. The Balaban J connectivity index is 3.05. The number of rotatable bonds is 3. The van der Waals surface area contributed by atoms with Gasteiger partial charge >= 0.3 is 5.97 Å². The number of anilines is 1. The summed E-state index contributed by atoms with van der Waals surface area (Å²) in [5, 5.41) is 0. The second-order valence-corrected chi connectivity index (χ2v) is 3.19. The van der Waals surface area contributed by atoms with E-state index in [1.165, 1.54) is 6.08 Å². The van der Waals surface area contributed by atoms with Crippen LogP contribution in [0.3, 0.4) is 0 Å². The minimum atomic E-state index is -0.425. The van der Waals surface area contributed by atoms with Gasteiger partial charge in [-0.1, -0.05) is 30.4 Å². The van der Waals surface area contributed by atoms with Gasteiger partial charge in [0, 0.05) is 11.6 Å². The number of benzene rings is 1. The topological polar surface area (TPSA) is 52.3 Å². The predicted molar refractivity (Wildman–Crippen MR) is 66.0 cm³/mol. The molecule has 1 aromatic rings. The standard InChI is InChI=1S/C13H15NO2/c1-3-6-10-8-5-9-11(14)13(10)16-12(15)7-4-2/h3-9H,14H2,1-2H3/b6-3+,7-4+. The molecule has 0 saturated heterocycles. The Hall–Kier alpha value is -2.03. The zero-order valence-corrected chi connectivity index (χ0v) is 9.44. The molecule has 3 nitrogen and oxygen atoms in total. The van der Waals surface area contributed by atoms with Crippen LogP contribution in [-0.2, 0) is 4.79 Å². The van der Waals surface area contributed by atoms with E-state index in [0.717, 1.165) is 5.56 Å². The molecule has 2 N–H and O–H groups in total. The summed E-state index contributed by atoms with van der Waals surface area (Å²) < 4.78 is 5.17. The first-order valence-corrected chi connectivity index (χ1v) is 5.04.